The van der Waals surface area contributed by atoms with Gasteiger partial charge in [0.15, 0.2) is 5.13 Å². The molecule has 0 aromatic carbocycles. The highest BCUT2D eigenvalue weighted by molar-refractivity contribution is 6.25. The molecule has 2 atom stereocenters. The van der Waals surface area contributed by atoms with Gasteiger partial charge in [0.05, 0.1) is 11.2 Å². The number of rotatable bonds is 3. The molecule has 4 nitrogen and oxygen atoms in total. The van der Waals surface area contributed by atoms with E-state index in [-0.39, 0.29) is 5.92 Å². The molecule has 1 aliphatic rings. The van der Waals surface area contributed by atoms with E-state index in [1.165, 1.54) is 6.08 Å². The van der Waals surface area contributed by atoms with Crippen molar-refractivity contribution >= 4 is 23.0 Å². The van der Waals surface area contributed by atoms with Crippen LogP contribution in [-0.4, -0.2) is 20.6 Å². The Kier molecular flexibility index (Phi) is 4.63. The predicted octanol–water partition coefficient (Wildman–Crippen LogP) is 2.99. The van der Waals surface area contributed by atoms with Crippen molar-refractivity contribution in [2.75, 3.05) is 0 Å². The third-order valence-electron chi connectivity index (χ3n) is 3.15. The van der Waals surface area contributed by atoms with Crippen molar-refractivity contribution in [1.29, 1.82) is 0 Å². The standard InChI is InChI=1S/C8H8N2.C7H9ClFNO/c1-7-6-8-4-2-3-5-10(8)9-7;8-7(9)4-5(7)2-1-3-6(10)11/h2-6H,1H3;1,3,5H,2,4H2,(H2,10,11)/b;3-1+. The summed E-state index contributed by atoms with van der Waals surface area (Å²) < 4.78 is 14.5. The normalized spacial score (nSPS) is 23.9. The van der Waals surface area contributed by atoms with Crippen LogP contribution in [0.5, 0.6) is 0 Å². The molecule has 1 saturated carbocycles. The number of hydrogen-bond acceptors (Lipinski definition) is 2. The fourth-order valence-corrected chi connectivity index (χ4v) is 2.22. The molecule has 0 spiro atoms. The summed E-state index contributed by atoms with van der Waals surface area (Å²) in [6.07, 6.45) is 5.59. The number of hydrogen-bond donors (Lipinski definition) is 1. The molecule has 21 heavy (non-hydrogen) atoms. The third-order valence-corrected chi connectivity index (χ3v) is 3.61. The number of nitrogens with two attached hydrogens (primary N) is 1. The number of halogens is 2. The number of primary amides is 1. The summed E-state index contributed by atoms with van der Waals surface area (Å²) in [4.78, 5) is 10.2. The molecule has 1 amide bonds. The van der Waals surface area contributed by atoms with Crippen molar-refractivity contribution in [2.24, 2.45) is 11.7 Å². The van der Waals surface area contributed by atoms with Crippen molar-refractivity contribution in [3.63, 3.8) is 0 Å². The molecule has 0 bridgehead atoms. The second-order valence-corrected chi connectivity index (χ2v) is 5.69. The molecule has 1 fully saturated rings. The van der Waals surface area contributed by atoms with Crippen molar-refractivity contribution in [3.05, 3.63) is 48.3 Å². The van der Waals surface area contributed by atoms with Gasteiger partial charge in [-0.2, -0.15) is 5.10 Å². The second-order valence-electron chi connectivity index (χ2n) is 5.06. The molecular formula is C15H17ClFN3O. The van der Waals surface area contributed by atoms with Crippen LogP contribution in [0.15, 0.2) is 42.6 Å². The van der Waals surface area contributed by atoms with Crippen LogP contribution in [0.25, 0.3) is 5.52 Å². The number of pyridine rings is 1. The number of alkyl halides is 2. The Hall–Kier alpha value is -1.88. The molecule has 0 radical (unpaired) electrons. The number of amides is 1. The van der Waals surface area contributed by atoms with E-state index in [9.17, 15) is 9.18 Å². The maximum Gasteiger partial charge on any atom is 0.241 e. The van der Waals surface area contributed by atoms with Gasteiger partial charge in [0.25, 0.3) is 0 Å². The molecule has 6 heteroatoms. The summed E-state index contributed by atoms with van der Waals surface area (Å²) >= 11 is 5.31. The van der Waals surface area contributed by atoms with Gasteiger partial charge in [-0.05, 0) is 37.6 Å². The number of allylic oxidation sites excluding steroid dienone is 1. The lowest BCUT2D eigenvalue weighted by Gasteiger charge is -1.91. The first kappa shape index (κ1) is 15.5. The highest BCUT2D eigenvalue weighted by Crippen LogP contribution is 2.52. The minimum atomic E-state index is -1.53. The van der Waals surface area contributed by atoms with Gasteiger partial charge >= 0.3 is 0 Å². The molecule has 2 N–H and O–H groups in total. The van der Waals surface area contributed by atoms with Gasteiger partial charge < -0.3 is 5.73 Å². The fourth-order valence-electron chi connectivity index (χ4n) is 1.94. The van der Waals surface area contributed by atoms with Crippen molar-refractivity contribution in [1.82, 2.24) is 9.61 Å². The van der Waals surface area contributed by atoms with E-state index in [1.54, 1.807) is 6.08 Å². The molecule has 2 unspecified atom stereocenters. The summed E-state index contributed by atoms with van der Waals surface area (Å²) in [6.45, 7) is 1.99. The third kappa shape index (κ3) is 4.56. The maximum atomic E-state index is 12.6. The van der Waals surface area contributed by atoms with E-state index >= 15 is 0 Å². The van der Waals surface area contributed by atoms with E-state index in [2.05, 4.69) is 11.2 Å². The summed E-state index contributed by atoms with van der Waals surface area (Å²) in [5, 5.41) is 2.70. The van der Waals surface area contributed by atoms with Crippen LogP contribution >= 0.6 is 11.6 Å². The topological polar surface area (TPSA) is 60.4 Å². The summed E-state index contributed by atoms with van der Waals surface area (Å²) in [7, 11) is 0. The van der Waals surface area contributed by atoms with E-state index in [1.807, 2.05) is 35.8 Å². The van der Waals surface area contributed by atoms with Gasteiger partial charge in [-0.3, -0.25) is 4.79 Å². The lowest BCUT2D eigenvalue weighted by Crippen LogP contribution is -2.05. The van der Waals surface area contributed by atoms with Gasteiger partial charge in [-0.1, -0.05) is 23.7 Å². The zero-order valence-corrected chi connectivity index (χ0v) is 12.4. The lowest BCUT2D eigenvalue weighted by molar-refractivity contribution is -0.113. The summed E-state index contributed by atoms with van der Waals surface area (Å²) in [6, 6.07) is 8.08. The van der Waals surface area contributed by atoms with E-state index in [0.717, 1.165) is 11.2 Å². The van der Waals surface area contributed by atoms with Crippen LogP contribution in [0.3, 0.4) is 0 Å². The average molecular weight is 310 g/mol. The fraction of sp³-hybridized carbons (Fsp3) is 0.333. The summed E-state index contributed by atoms with van der Waals surface area (Å²) in [5.74, 6) is -0.649. The first-order valence-electron chi connectivity index (χ1n) is 6.63. The van der Waals surface area contributed by atoms with Gasteiger partial charge in [-0.15, -0.1) is 0 Å². The highest BCUT2D eigenvalue weighted by atomic mass is 35.5. The largest absolute Gasteiger partial charge is 0.366 e. The van der Waals surface area contributed by atoms with E-state index in [4.69, 9.17) is 17.3 Å². The number of carbonyl (C=O) groups is 1. The Balaban J connectivity index is 0.000000154. The molecule has 0 saturated heterocycles. The Morgan fingerprint density at radius 2 is 2.38 bits per heavy atom. The first-order chi connectivity index (χ1) is 9.88. The van der Waals surface area contributed by atoms with Crippen LogP contribution in [-0.2, 0) is 4.79 Å². The zero-order chi connectivity index (χ0) is 15.5. The van der Waals surface area contributed by atoms with Crippen molar-refractivity contribution < 1.29 is 9.18 Å². The Morgan fingerprint density at radius 1 is 1.67 bits per heavy atom. The van der Waals surface area contributed by atoms with Crippen molar-refractivity contribution in [3.8, 4) is 0 Å². The molecule has 2 aromatic heterocycles. The minimum absolute atomic E-state index is 0.139. The van der Waals surface area contributed by atoms with Crippen molar-refractivity contribution in [2.45, 2.75) is 24.9 Å². The second kappa shape index (κ2) is 6.26. The smallest absolute Gasteiger partial charge is 0.241 e. The number of fused-ring (bicyclic) bond motifs is 1. The number of nitrogens with zero attached hydrogens (tertiary/aromatic N) is 2. The van der Waals surface area contributed by atoms with Gasteiger partial charge in [0.1, 0.15) is 0 Å². The minimum Gasteiger partial charge on any atom is -0.366 e. The van der Waals surface area contributed by atoms with Crippen LogP contribution in [0.2, 0.25) is 0 Å². The molecule has 2 aromatic rings. The van der Waals surface area contributed by atoms with Gasteiger partial charge in [-0.25, -0.2) is 8.91 Å². The Labute approximate surface area is 127 Å². The Morgan fingerprint density at radius 3 is 2.95 bits per heavy atom. The maximum absolute atomic E-state index is 12.6. The van der Waals surface area contributed by atoms with E-state index in [0.29, 0.717) is 12.8 Å². The van der Waals surface area contributed by atoms with E-state index < -0.39 is 11.0 Å². The van der Waals surface area contributed by atoms with Gasteiger partial charge in [0, 0.05) is 18.5 Å². The number of carbonyl (C=O) groups excluding carboxylic acids is 1. The quantitative estimate of drug-likeness (QED) is 0.700. The first-order valence-corrected chi connectivity index (χ1v) is 7.01. The monoisotopic (exact) mass is 309 g/mol. The Bertz CT molecular complexity index is 633. The molecule has 2 heterocycles. The predicted molar refractivity (Wildman–Crippen MR) is 80.7 cm³/mol. The molecule has 112 valence electrons. The van der Waals surface area contributed by atoms with Crippen LogP contribution in [0.4, 0.5) is 4.39 Å². The van der Waals surface area contributed by atoms with Gasteiger partial charge in [0.2, 0.25) is 5.91 Å². The van der Waals surface area contributed by atoms with Crippen LogP contribution in [0, 0.1) is 12.8 Å². The lowest BCUT2D eigenvalue weighted by atomic mass is 10.2. The average Bonchev–Trinajstić information content (AvgIpc) is 2.82. The molecule has 0 aliphatic heterocycles. The molecule has 1 aliphatic carbocycles. The summed E-state index contributed by atoms with van der Waals surface area (Å²) in [5.41, 5.74) is 7.03. The van der Waals surface area contributed by atoms with Crippen LogP contribution in [0.1, 0.15) is 18.5 Å². The number of aryl methyl sites for hydroxylation is 1. The number of aromatic nitrogens is 2. The molecule has 3 rings (SSSR count). The molecular weight excluding hydrogens is 293 g/mol. The SMILES string of the molecule is Cc1cc2ccccn2n1.NC(=O)/C=C/CC1CC1(F)Cl. The highest BCUT2D eigenvalue weighted by Gasteiger charge is 2.52. The van der Waals surface area contributed by atoms with Crippen LogP contribution < -0.4 is 5.73 Å². The zero-order valence-electron chi connectivity index (χ0n) is 11.7.